The van der Waals surface area contributed by atoms with Crippen LogP contribution in [0.5, 0.6) is 0 Å². The highest BCUT2D eigenvalue weighted by Crippen LogP contribution is 2.34. The molecule has 3 rings (SSSR count). The summed E-state index contributed by atoms with van der Waals surface area (Å²) in [7, 11) is 0. The molecular weight excluding hydrogens is 294 g/mol. The molecule has 1 aromatic carbocycles. The van der Waals surface area contributed by atoms with Crippen molar-refractivity contribution < 1.29 is 9.21 Å². The number of hydrogen-bond acceptors (Lipinski definition) is 3. The molecule has 4 heteroatoms. The van der Waals surface area contributed by atoms with Crippen LogP contribution >= 0.6 is 11.8 Å². The van der Waals surface area contributed by atoms with E-state index in [0.717, 1.165) is 37.4 Å². The lowest BCUT2D eigenvalue weighted by Crippen LogP contribution is -2.33. The summed E-state index contributed by atoms with van der Waals surface area (Å²) >= 11 is 1.89. The second-order valence-corrected chi connectivity index (χ2v) is 6.84. The number of hydrogen-bond donors (Lipinski definition) is 0. The van der Waals surface area contributed by atoms with Gasteiger partial charge in [-0.05, 0) is 30.5 Å². The Hall–Kier alpha value is -1.68. The van der Waals surface area contributed by atoms with Crippen LogP contribution in [0, 0.1) is 0 Å². The second kappa shape index (κ2) is 7.54. The van der Waals surface area contributed by atoms with Crippen molar-refractivity contribution in [1.29, 1.82) is 0 Å². The lowest BCUT2D eigenvalue weighted by molar-refractivity contribution is -0.130. The first-order valence-corrected chi connectivity index (χ1v) is 8.84. The summed E-state index contributed by atoms with van der Waals surface area (Å²) in [5.74, 6) is 2.27. The van der Waals surface area contributed by atoms with E-state index in [2.05, 4.69) is 12.1 Å². The summed E-state index contributed by atoms with van der Waals surface area (Å²) in [4.78, 5) is 14.4. The van der Waals surface area contributed by atoms with Crippen molar-refractivity contribution in [2.75, 3.05) is 18.8 Å². The number of thioether (sulfide) groups is 1. The van der Waals surface area contributed by atoms with E-state index in [1.54, 1.807) is 6.26 Å². The van der Waals surface area contributed by atoms with Gasteiger partial charge in [-0.2, -0.15) is 0 Å². The molecule has 116 valence electrons. The van der Waals surface area contributed by atoms with E-state index in [1.165, 1.54) is 5.56 Å². The number of furan rings is 1. The molecule has 0 saturated carbocycles. The van der Waals surface area contributed by atoms with Gasteiger partial charge in [0.2, 0.25) is 5.91 Å². The third kappa shape index (κ3) is 3.95. The predicted octanol–water partition coefficient (Wildman–Crippen LogP) is 3.92. The quantitative estimate of drug-likeness (QED) is 0.857. The van der Waals surface area contributed by atoms with E-state index < -0.39 is 0 Å². The Labute approximate surface area is 135 Å². The molecule has 1 aliphatic heterocycles. The summed E-state index contributed by atoms with van der Waals surface area (Å²) < 4.78 is 5.51. The van der Waals surface area contributed by atoms with E-state index >= 15 is 0 Å². The van der Waals surface area contributed by atoms with Gasteiger partial charge in [-0.3, -0.25) is 4.79 Å². The van der Waals surface area contributed by atoms with Crippen LogP contribution in [0.25, 0.3) is 0 Å². The summed E-state index contributed by atoms with van der Waals surface area (Å²) in [5, 5.41) is 0.377. The lowest BCUT2D eigenvalue weighted by Gasteiger charge is -2.20. The van der Waals surface area contributed by atoms with Gasteiger partial charge in [0.1, 0.15) is 5.76 Å². The minimum Gasteiger partial charge on any atom is -0.468 e. The molecule has 0 bridgehead atoms. The Morgan fingerprint density at radius 3 is 2.82 bits per heavy atom. The van der Waals surface area contributed by atoms with E-state index in [-0.39, 0.29) is 5.91 Å². The largest absolute Gasteiger partial charge is 0.468 e. The Morgan fingerprint density at radius 1 is 1.18 bits per heavy atom. The van der Waals surface area contributed by atoms with Crippen molar-refractivity contribution in [2.24, 2.45) is 0 Å². The van der Waals surface area contributed by atoms with Crippen molar-refractivity contribution in [3.63, 3.8) is 0 Å². The van der Waals surface area contributed by atoms with Crippen molar-refractivity contribution >= 4 is 17.7 Å². The molecule has 0 radical (unpaired) electrons. The molecular formula is C18H21NO2S. The third-order valence-electron chi connectivity index (χ3n) is 4.03. The van der Waals surface area contributed by atoms with Gasteiger partial charge >= 0.3 is 0 Å². The summed E-state index contributed by atoms with van der Waals surface area (Å²) in [6.07, 6.45) is 4.11. The first-order chi connectivity index (χ1) is 10.8. The molecule has 1 fully saturated rings. The number of benzene rings is 1. The third-order valence-corrected chi connectivity index (χ3v) is 5.31. The van der Waals surface area contributed by atoms with Gasteiger partial charge in [-0.15, -0.1) is 11.8 Å². The van der Waals surface area contributed by atoms with E-state index in [9.17, 15) is 4.79 Å². The maximum Gasteiger partial charge on any atom is 0.222 e. The van der Waals surface area contributed by atoms with Crippen LogP contribution in [0.15, 0.2) is 53.1 Å². The van der Waals surface area contributed by atoms with Gasteiger partial charge in [-0.25, -0.2) is 0 Å². The SMILES string of the molecule is O=C(CCc1ccccc1)N1CCSC(c2ccco2)CC1. The zero-order valence-electron chi connectivity index (χ0n) is 12.6. The highest BCUT2D eigenvalue weighted by molar-refractivity contribution is 7.99. The van der Waals surface area contributed by atoms with Crippen molar-refractivity contribution in [3.05, 3.63) is 60.1 Å². The monoisotopic (exact) mass is 315 g/mol. The Morgan fingerprint density at radius 2 is 2.05 bits per heavy atom. The first kappa shape index (κ1) is 15.2. The fourth-order valence-corrected chi connectivity index (χ4v) is 3.96. The Bertz CT molecular complexity index is 582. The van der Waals surface area contributed by atoms with Crippen molar-refractivity contribution in [1.82, 2.24) is 4.90 Å². The number of nitrogens with zero attached hydrogens (tertiary/aromatic N) is 1. The molecule has 1 atom stereocenters. The zero-order valence-corrected chi connectivity index (χ0v) is 13.4. The highest BCUT2D eigenvalue weighted by atomic mass is 32.2. The van der Waals surface area contributed by atoms with Gasteiger partial charge in [0.05, 0.1) is 11.5 Å². The molecule has 1 amide bonds. The highest BCUT2D eigenvalue weighted by Gasteiger charge is 2.23. The molecule has 1 aromatic heterocycles. The molecule has 0 spiro atoms. The predicted molar refractivity (Wildman–Crippen MR) is 89.9 cm³/mol. The number of rotatable bonds is 4. The standard InChI is InChI=1S/C18H21NO2S/c20-18(9-8-15-5-2-1-3-6-15)19-11-10-17(22-14-12-19)16-7-4-13-21-16/h1-7,13,17H,8-12,14H2. The number of aryl methyl sites for hydroxylation is 1. The molecule has 2 aromatic rings. The maximum atomic E-state index is 12.4. The van der Waals surface area contributed by atoms with Gasteiger partial charge < -0.3 is 9.32 Å². The first-order valence-electron chi connectivity index (χ1n) is 7.79. The van der Waals surface area contributed by atoms with Crippen LogP contribution in [0.2, 0.25) is 0 Å². The van der Waals surface area contributed by atoms with Crippen LogP contribution in [-0.4, -0.2) is 29.6 Å². The fourth-order valence-electron chi connectivity index (χ4n) is 2.78. The zero-order chi connectivity index (χ0) is 15.2. The van der Waals surface area contributed by atoms with Crippen LogP contribution in [0.1, 0.15) is 29.4 Å². The van der Waals surface area contributed by atoms with Crippen LogP contribution in [0.4, 0.5) is 0 Å². The van der Waals surface area contributed by atoms with Crippen LogP contribution in [-0.2, 0) is 11.2 Å². The van der Waals surface area contributed by atoms with Crippen molar-refractivity contribution in [3.8, 4) is 0 Å². The second-order valence-electron chi connectivity index (χ2n) is 5.53. The average Bonchev–Trinajstić information content (AvgIpc) is 2.98. The Kier molecular flexibility index (Phi) is 5.22. The summed E-state index contributed by atoms with van der Waals surface area (Å²) in [6, 6.07) is 14.2. The lowest BCUT2D eigenvalue weighted by atomic mass is 10.1. The molecule has 3 nitrogen and oxygen atoms in total. The number of carbonyl (C=O) groups excluding carboxylic acids is 1. The fraction of sp³-hybridized carbons (Fsp3) is 0.389. The maximum absolute atomic E-state index is 12.4. The topological polar surface area (TPSA) is 33.5 Å². The minimum atomic E-state index is 0.268. The molecule has 0 aliphatic carbocycles. The molecule has 2 heterocycles. The number of carbonyl (C=O) groups is 1. The molecule has 1 unspecified atom stereocenters. The van der Waals surface area contributed by atoms with Crippen LogP contribution in [0.3, 0.4) is 0 Å². The molecule has 22 heavy (non-hydrogen) atoms. The molecule has 1 aliphatic rings. The summed E-state index contributed by atoms with van der Waals surface area (Å²) in [5.41, 5.74) is 1.23. The average molecular weight is 315 g/mol. The van der Waals surface area contributed by atoms with Crippen LogP contribution < -0.4 is 0 Å². The summed E-state index contributed by atoms with van der Waals surface area (Å²) in [6.45, 7) is 1.67. The van der Waals surface area contributed by atoms with Gasteiger partial charge in [0.25, 0.3) is 0 Å². The molecule has 1 saturated heterocycles. The van der Waals surface area contributed by atoms with Gasteiger partial charge in [0, 0.05) is 25.3 Å². The Balaban J connectivity index is 1.51. The van der Waals surface area contributed by atoms with E-state index in [4.69, 9.17) is 4.42 Å². The van der Waals surface area contributed by atoms with E-state index in [0.29, 0.717) is 11.7 Å². The smallest absolute Gasteiger partial charge is 0.222 e. The van der Waals surface area contributed by atoms with Gasteiger partial charge in [0.15, 0.2) is 0 Å². The van der Waals surface area contributed by atoms with Crippen molar-refractivity contribution in [2.45, 2.75) is 24.5 Å². The van der Waals surface area contributed by atoms with Gasteiger partial charge in [-0.1, -0.05) is 30.3 Å². The molecule has 0 N–H and O–H groups in total. The minimum absolute atomic E-state index is 0.268. The number of amides is 1. The normalized spacial score (nSPS) is 18.9. The van der Waals surface area contributed by atoms with E-state index in [1.807, 2.05) is 47.0 Å².